The normalized spacial score (nSPS) is 10.9. The minimum absolute atomic E-state index is 0.100. The van der Waals surface area contributed by atoms with E-state index in [9.17, 15) is 9.30 Å². The molecule has 0 unspecified atom stereocenters. The molecule has 6 heteroatoms. The van der Waals surface area contributed by atoms with Crippen molar-refractivity contribution < 1.29 is 9.13 Å². The van der Waals surface area contributed by atoms with Gasteiger partial charge in [-0.2, -0.15) is 4.91 Å². The second kappa shape index (κ2) is 4.80. The van der Waals surface area contributed by atoms with Crippen molar-refractivity contribution in [2.24, 2.45) is 5.18 Å². The Hall–Kier alpha value is -2.63. The molecule has 100 valence electrons. The van der Waals surface area contributed by atoms with Crippen molar-refractivity contribution in [1.29, 1.82) is 0 Å². The number of fused-ring (bicyclic) bond motifs is 3. The maximum absolute atomic E-state index is 14.2. The lowest BCUT2D eigenvalue weighted by molar-refractivity contribution is 0.417. The van der Waals surface area contributed by atoms with Crippen molar-refractivity contribution in [1.82, 2.24) is 9.97 Å². The lowest BCUT2D eigenvalue weighted by atomic mass is 10.1. The Balaban J connectivity index is 2.49. The number of rotatable bonds is 3. The highest BCUT2D eigenvalue weighted by Crippen LogP contribution is 2.32. The fraction of sp³-hybridized carbons (Fsp3) is 0.143. The van der Waals surface area contributed by atoms with Crippen LogP contribution in [0.15, 0.2) is 35.6 Å². The van der Waals surface area contributed by atoms with Crippen molar-refractivity contribution in [2.45, 2.75) is 6.54 Å². The molecule has 3 rings (SSSR count). The summed E-state index contributed by atoms with van der Waals surface area (Å²) in [5.41, 5.74) is 1.36. The third-order valence-corrected chi connectivity index (χ3v) is 3.07. The molecule has 0 aliphatic rings. The second-order valence-electron chi connectivity index (χ2n) is 4.26. The molecule has 0 fully saturated rings. The van der Waals surface area contributed by atoms with Crippen LogP contribution in [0, 0.1) is 10.7 Å². The van der Waals surface area contributed by atoms with Crippen LogP contribution in [0.4, 0.5) is 4.39 Å². The summed E-state index contributed by atoms with van der Waals surface area (Å²) in [6.45, 7) is -0.100. The summed E-state index contributed by atoms with van der Waals surface area (Å²) >= 11 is 0. The number of hydrogen-bond acceptors (Lipinski definition) is 5. The molecule has 0 bridgehead atoms. The Morgan fingerprint density at radius 1 is 1.35 bits per heavy atom. The van der Waals surface area contributed by atoms with Crippen molar-refractivity contribution in [3.63, 3.8) is 0 Å². The van der Waals surface area contributed by atoms with Crippen LogP contribution in [-0.4, -0.2) is 17.1 Å². The molecule has 5 nitrogen and oxygen atoms in total. The molecule has 0 N–H and O–H groups in total. The maximum atomic E-state index is 14.2. The number of methoxy groups -OCH3 is 1. The first-order valence-corrected chi connectivity index (χ1v) is 5.94. The standard InChI is InChI=1S/C14H10FN3O2/c1-20-11-6-9(7-17-19)18-14-12(11)10(15)5-8-3-2-4-16-13(8)14/h2-6H,7H2,1H3. The molecule has 0 saturated heterocycles. The van der Waals surface area contributed by atoms with Gasteiger partial charge in [-0.25, -0.2) is 9.37 Å². The van der Waals surface area contributed by atoms with Crippen LogP contribution in [0.2, 0.25) is 0 Å². The third-order valence-electron chi connectivity index (χ3n) is 3.07. The summed E-state index contributed by atoms with van der Waals surface area (Å²) in [7, 11) is 1.44. The minimum Gasteiger partial charge on any atom is -0.496 e. The average Bonchev–Trinajstić information content (AvgIpc) is 2.47. The van der Waals surface area contributed by atoms with Crippen LogP contribution in [0.1, 0.15) is 5.69 Å². The van der Waals surface area contributed by atoms with Gasteiger partial charge in [0.1, 0.15) is 23.6 Å². The molecule has 0 amide bonds. The fourth-order valence-corrected chi connectivity index (χ4v) is 2.22. The molecule has 0 aliphatic carbocycles. The van der Waals surface area contributed by atoms with Gasteiger partial charge in [0.15, 0.2) is 0 Å². The van der Waals surface area contributed by atoms with E-state index in [1.54, 1.807) is 18.3 Å². The Bertz CT molecular complexity index is 820. The molecule has 0 atom stereocenters. The van der Waals surface area contributed by atoms with Gasteiger partial charge in [0, 0.05) is 17.6 Å². The molecule has 1 aromatic carbocycles. The first-order chi connectivity index (χ1) is 9.74. The van der Waals surface area contributed by atoms with Crippen LogP contribution in [0.3, 0.4) is 0 Å². The van der Waals surface area contributed by atoms with Gasteiger partial charge in [-0.15, -0.1) is 0 Å². The Labute approximate surface area is 113 Å². The summed E-state index contributed by atoms with van der Waals surface area (Å²) in [6.07, 6.45) is 1.61. The predicted octanol–water partition coefficient (Wildman–Crippen LogP) is 3.20. The summed E-state index contributed by atoms with van der Waals surface area (Å²) in [6, 6.07) is 6.39. The van der Waals surface area contributed by atoms with Gasteiger partial charge in [-0.1, -0.05) is 11.2 Å². The van der Waals surface area contributed by atoms with E-state index in [1.807, 2.05) is 0 Å². The summed E-state index contributed by atoms with van der Waals surface area (Å²) in [5, 5.41) is 3.71. The Kier molecular flexibility index (Phi) is 2.98. The number of benzene rings is 1. The SMILES string of the molecule is COc1cc(CN=O)nc2c1c(F)cc1cccnc12. The van der Waals surface area contributed by atoms with Gasteiger partial charge in [-0.3, -0.25) is 4.98 Å². The zero-order valence-electron chi connectivity index (χ0n) is 10.6. The van der Waals surface area contributed by atoms with E-state index in [1.165, 1.54) is 19.2 Å². The number of nitrogens with zero attached hydrogens (tertiary/aromatic N) is 3. The molecule has 0 aliphatic heterocycles. The first kappa shape index (κ1) is 12.4. The highest BCUT2D eigenvalue weighted by atomic mass is 19.1. The monoisotopic (exact) mass is 271 g/mol. The molecule has 3 aromatic rings. The number of ether oxygens (including phenoxy) is 1. The van der Waals surface area contributed by atoms with E-state index in [4.69, 9.17) is 4.74 Å². The highest BCUT2D eigenvalue weighted by molar-refractivity contribution is 6.05. The largest absolute Gasteiger partial charge is 0.496 e. The van der Waals surface area contributed by atoms with Gasteiger partial charge in [0.05, 0.1) is 23.7 Å². The van der Waals surface area contributed by atoms with E-state index in [0.717, 1.165) is 0 Å². The van der Waals surface area contributed by atoms with Gasteiger partial charge in [0.25, 0.3) is 0 Å². The topological polar surface area (TPSA) is 64.4 Å². The van der Waals surface area contributed by atoms with E-state index in [0.29, 0.717) is 27.9 Å². The second-order valence-corrected chi connectivity index (χ2v) is 4.26. The van der Waals surface area contributed by atoms with Crippen molar-refractivity contribution in [3.8, 4) is 5.75 Å². The lowest BCUT2D eigenvalue weighted by Crippen LogP contribution is -1.97. The quantitative estimate of drug-likeness (QED) is 0.542. The zero-order chi connectivity index (χ0) is 14.1. The molecule has 2 aromatic heterocycles. The van der Waals surface area contributed by atoms with Gasteiger partial charge >= 0.3 is 0 Å². The highest BCUT2D eigenvalue weighted by Gasteiger charge is 2.15. The zero-order valence-corrected chi connectivity index (χ0v) is 10.6. The van der Waals surface area contributed by atoms with E-state index in [-0.39, 0.29) is 11.9 Å². The van der Waals surface area contributed by atoms with Crippen LogP contribution >= 0.6 is 0 Å². The molecule has 0 saturated carbocycles. The predicted molar refractivity (Wildman–Crippen MR) is 73.1 cm³/mol. The number of halogens is 1. The number of pyridine rings is 2. The number of hydrogen-bond donors (Lipinski definition) is 0. The summed E-state index contributed by atoms with van der Waals surface area (Å²) in [4.78, 5) is 18.9. The number of aromatic nitrogens is 2. The van der Waals surface area contributed by atoms with Crippen molar-refractivity contribution in [3.05, 3.63) is 46.9 Å². The average molecular weight is 271 g/mol. The third kappa shape index (κ3) is 1.85. The van der Waals surface area contributed by atoms with Gasteiger partial charge in [0.2, 0.25) is 0 Å². The Morgan fingerprint density at radius 2 is 2.20 bits per heavy atom. The molecule has 0 radical (unpaired) electrons. The van der Waals surface area contributed by atoms with E-state index < -0.39 is 5.82 Å². The van der Waals surface area contributed by atoms with Gasteiger partial charge in [-0.05, 0) is 12.1 Å². The summed E-state index contributed by atoms with van der Waals surface area (Å²) < 4.78 is 19.4. The lowest BCUT2D eigenvalue weighted by Gasteiger charge is -2.10. The van der Waals surface area contributed by atoms with Crippen molar-refractivity contribution >= 4 is 21.8 Å². The van der Waals surface area contributed by atoms with Crippen molar-refractivity contribution in [2.75, 3.05) is 7.11 Å². The maximum Gasteiger partial charge on any atom is 0.137 e. The Morgan fingerprint density at radius 3 is 2.95 bits per heavy atom. The molecular formula is C14H10FN3O2. The van der Waals surface area contributed by atoms with Crippen LogP contribution in [-0.2, 0) is 6.54 Å². The summed E-state index contributed by atoms with van der Waals surface area (Å²) in [5.74, 6) is -0.117. The number of nitroso groups, excluding NO2 is 1. The minimum atomic E-state index is -0.435. The first-order valence-electron chi connectivity index (χ1n) is 5.94. The molecular weight excluding hydrogens is 261 g/mol. The smallest absolute Gasteiger partial charge is 0.137 e. The van der Waals surface area contributed by atoms with E-state index >= 15 is 0 Å². The van der Waals surface area contributed by atoms with Crippen LogP contribution in [0.25, 0.3) is 21.8 Å². The molecule has 2 heterocycles. The van der Waals surface area contributed by atoms with Crippen LogP contribution < -0.4 is 4.74 Å². The van der Waals surface area contributed by atoms with Crippen LogP contribution in [0.5, 0.6) is 5.75 Å². The molecule has 20 heavy (non-hydrogen) atoms. The fourth-order valence-electron chi connectivity index (χ4n) is 2.22. The van der Waals surface area contributed by atoms with E-state index in [2.05, 4.69) is 15.1 Å². The molecule has 0 spiro atoms. The van der Waals surface area contributed by atoms with Gasteiger partial charge < -0.3 is 4.74 Å².